The van der Waals surface area contributed by atoms with Crippen LogP contribution in [0.25, 0.3) is 10.2 Å². The van der Waals surface area contributed by atoms with Gasteiger partial charge in [0.1, 0.15) is 11.2 Å². The molecule has 1 aliphatic rings. The van der Waals surface area contributed by atoms with E-state index < -0.39 is 0 Å². The summed E-state index contributed by atoms with van der Waals surface area (Å²) in [6.07, 6.45) is 7.90. The van der Waals surface area contributed by atoms with E-state index >= 15 is 0 Å². The molecule has 0 aliphatic heterocycles. The molecule has 0 N–H and O–H groups in total. The molecule has 22 heavy (non-hydrogen) atoms. The van der Waals surface area contributed by atoms with Gasteiger partial charge < -0.3 is 4.90 Å². The number of likely N-dealkylation sites (N-methyl/N-ethyl adjacent to an activating group) is 1. The van der Waals surface area contributed by atoms with Crippen molar-refractivity contribution < 1.29 is 4.79 Å². The van der Waals surface area contributed by atoms with Crippen LogP contribution in [0, 0.1) is 0 Å². The average molecular weight is 317 g/mol. The van der Waals surface area contributed by atoms with Crippen molar-refractivity contribution >= 4 is 27.5 Å². The predicted octanol–water partition coefficient (Wildman–Crippen LogP) is 2.76. The van der Waals surface area contributed by atoms with Gasteiger partial charge in [-0.25, -0.2) is 4.98 Å². The first kappa shape index (κ1) is 15.0. The van der Waals surface area contributed by atoms with E-state index in [4.69, 9.17) is 0 Å². The smallest absolute Gasteiger partial charge is 0.271 e. The van der Waals surface area contributed by atoms with Crippen molar-refractivity contribution in [1.82, 2.24) is 14.5 Å². The van der Waals surface area contributed by atoms with Crippen LogP contribution in [0.1, 0.15) is 32.6 Å². The fourth-order valence-electron chi connectivity index (χ4n) is 2.83. The Labute approximate surface area is 132 Å². The fraction of sp³-hybridized carbons (Fsp3) is 0.438. The first-order chi connectivity index (χ1) is 10.7. The van der Waals surface area contributed by atoms with Crippen molar-refractivity contribution in [3.63, 3.8) is 0 Å². The molecule has 5 nitrogen and oxygen atoms in total. The van der Waals surface area contributed by atoms with Crippen molar-refractivity contribution in [2.24, 2.45) is 0 Å². The Balaban J connectivity index is 1.83. The summed E-state index contributed by atoms with van der Waals surface area (Å²) in [5.74, 6) is -0.0459. The molecule has 1 aliphatic carbocycles. The monoisotopic (exact) mass is 317 g/mol. The molecule has 0 unspecified atom stereocenters. The van der Waals surface area contributed by atoms with Crippen molar-refractivity contribution in [2.45, 2.75) is 39.2 Å². The molecule has 1 amide bonds. The van der Waals surface area contributed by atoms with E-state index in [1.54, 1.807) is 4.90 Å². The molecule has 0 radical (unpaired) electrons. The third-order valence-corrected chi connectivity index (χ3v) is 4.86. The van der Waals surface area contributed by atoms with Crippen LogP contribution in [-0.4, -0.2) is 26.9 Å². The quantitative estimate of drug-likeness (QED) is 0.871. The summed E-state index contributed by atoms with van der Waals surface area (Å²) in [4.78, 5) is 31.0. The highest BCUT2D eigenvalue weighted by atomic mass is 32.1. The molecule has 3 rings (SSSR count). The van der Waals surface area contributed by atoms with Gasteiger partial charge in [0.05, 0.1) is 11.8 Å². The number of allylic oxidation sites excluding steroid dienone is 2. The summed E-state index contributed by atoms with van der Waals surface area (Å²) in [7, 11) is 0. The zero-order valence-corrected chi connectivity index (χ0v) is 13.4. The lowest BCUT2D eigenvalue weighted by Crippen LogP contribution is -2.36. The first-order valence-corrected chi connectivity index (χ1v) is 8.50. The third-order valence-electron chi connectivity index (χ3n) is 3.97. The Hall–Kier alpha value is -1.95. The lowest BCUT2D eigenvalue weighted by molar-refractivity contribution is -0.130. The molecule has 0 spiro atoms. The van der Waals surface area contributed by atoms with Gasteiger partial charge >= 0.3 is 0 Å². The van der Waals surface area contributed by atoms with Gasteiger partial charge in [0.2, 0.25) is 5.91 Å². The largest absolute Gasteiger partial charge is 0.315 e. The van der Waals surface area contributed by atoms with E-state index in [1.165, 1.54) is 28.7 Å². The number of fused-ring (bicyclic) bond motifs is 1. The van der Waals surface area contributed by atoms with Gasteiger partial charge in [-0.1, -0.05) is 6.08 Å². The number of amides is 1. The Morgan fingerprint density at radius 3 is 3.05 bits per heavy atom. The van der Waals surface area contributed by atoms with E-state index in [2.05, 4.69) is 11.1 Å². The molecular formula is C16H19N3O2S. The van der Waals surface area contributed by atoms with Crippen molar-refractivity contribution in [3.05, 3.63) is 39.9 Å². The molecule has 2 heterocycles. The number of aromatic nitrogens is 2. The van der Waals surface area contributed by atoms with E-state index in [9.17, 15) is 9.59 Å². The zero-order valence-electron chi connectivity index (χ0n) is 12.6. The van der Waals surface area contributed by atoms with Crippen LogP contribution in [0.4, 0.5) is 0 Å². The third kappa shape index (κ3) is 2.83. The summed E-state index contributed by atoms with van der Waals surface area (Å²) < 4.78 is 2.02. The SMILES string of the molecule is CCN(C(=O)Cn1cnc2ccsc2c1=O)C1=CCCCC1. The molecule has 0 fully saturated rings. The number of hydrogen-bond donors (Lipinski definition) is 0. The molecule has 2 aromatic rings. The summed E-state index contributed by atoms with van der Waals surface area (Å²) >= 11 is 1.37. The van der Waals surface area contributed by atoms with E-state index in [0.29, 0.717) is 16.8 Å². The Morgan fingerprint density at radius 2 is 2.32 bits per heavy atom. The van der Waals surface area contributed by atoms with Crippen molar-refractivity contribution in [3.8, 4) is 0 Å². The predicted molar refractivity (Wildman–Crippen MR) is 87.8 cm³/mol. The van der Waals surface area contributed by atoms with Gasteiger partial charge in [-0.05, 0) is 44.1 Å². The molecule has 0 bridgehead atoms. The summed E-state index contributed by atoms with van der Waals surface area (Å²) in [5, 5.41) is 1.84. The van der Waals surface area contributed by atoms with Crippen LogP contribution < -0.4 is 5.56 Å². The second kappa shape index (κ2) is 6.44. The van der Waals surface area contributed by atoms with E-state index in [1.807, 2.05) is 18.4 Å². The molecule has 2 aromatic heterocycles. The topological polar surface area (TPSA) is 55.2 Å². The normalized spacial score (nSPS) is 14.9. The molecule has 116 valence electrons. The van der Waals surface area contributed by atoms with Gasteiger partial charge in [-0.3, -0.25) is 14.2 Å². The second-order valence-corrected chi connectivity index (χ2v) is 6.31. The van der Waals surface area contributed by atoms with E-state index in [-0.39, 0.29) is 18.0 Å². The number of carbonyl (C=O) groups excluding carboxylic acids is 1. The van der Waals surface area contributed by atoms with Gasteiger partial charge in [0.25, 0.3) is 5.56 Å². The van der Waals surface area contributed by atoms with Gasteiger partial charge in [-0.15, -0.1) is 11.3 Å². The minimum absolute atomic E-state index is 0.0459. The Kier molecular flexibility index (Phi) is 4.38. The maximum Gasteiger partial charge on any atom is 0.271 e. The van der Waals surface area contributed by atoms with Crippen LogP contribution >= 0.6 is 11.3 Å². The van der Waals surface area contributed by atoms with Crippen molar-refractivity contribution in [1.29, 1.82) is 0 Å². The van der Waals surface area contributed by atoms with Crippen LogP contribution in [0.15, 0.2) is 34.3 Å². The van der Waals surface area contributed by atoms with Crippen LogP contribution in [0.5, 0.6) is 0 Å². The Bertz CT molecular complexity index is 775. The lowest BCUT2D eigenvalue weighted by atomic mass is 10.0. The van der Waals surface area contributed by atoms with Crippen LogP contribution in [0.2, 0.25) is 0 Å². The first-order valence-electron chi connectivity index (χ1n) is 7.62. The van der Waals surface area contributed by atoms with Crippen LogP contribution in [0.3, 0.4) is 0 Å². The minimum Gasteiger partial charge on any atom is -0.315 e. The van der Waals surface area contributed by atoms with Gasteiger partial charge in [0, 0.05) is 12.2 Å². The number of hydrogen-bond acceptors (Lipinski definition) is 4. The number of thiophene rings is 1. The fourth-order valence-corrected chi connectivity index (χ4v) is 3.62. The zero-order chi connectivity index (χ0) is 15.5. The number of nitrogens with zero attached hydrogens (tertiary/aromatic N) is 3. The molecule has 0 atom stereocenters. The average Bonchev–Trinajstić information content (AvgIpc) is 3.01. The summed E-state index contributed by atoms with van der Waals surface area (Å²) in [6.45, 7) is 2.65. The highest BCUT2D eigenvalue weighted by Crippen LogP contribution is 2.21. The number of rotatable bonds is 4. The molecule has 0 aromatic carbocycles. The molecule has 6 heteroatoms. The lowest BCUT2D eigenvalue weighted by Gasteiger charge is -2.26. The molecule has 0 saturated heterocycles. The van der Waals surface area contributed by atoms with Crippen molar-refractivity contribution in [2.75, 3.05) is 6.54 Å². The maximum absolute atomic E-state index is 12.6. The number of carbonyl (C=O) groups is 1. The highest BCUT2D eigenvalue weighted by molar-refractivity contribution is 7.17. The minimum atomic E-state index is -0.137. The van der Waals surface area contributed by atoms with Gasteiger partial charge in [0.15, 0.2) is 0 Å². The molecule has 0 saturated carbocycles. The van der Waals surface area contributed by atoms with Crippen LogP contribution in [-0.2, 0) is 11.3 Å². The summed E-state index contributed by atoms with van der Waals surface area (Å²) in [5.41, 5.74) is 1.65. The van der Waals surface area contributed by atoms with Gasteiger partial charge in [-0.2, -0.15) is 0 Å². The highest BCUT2D eigenvalue weighted by Gasteiger charge is 2.19. The summed E-state index contributed by atoms with van der Waals surface area (Å²) in [6, 6.07) is 1.82. The second-order valence-electron chi connectivity index (χ2n) is 5.39. The Morgan fingerprint density at radius 1 is 1.45 bits per heavy atom. The molecular weight excluding hydrogens is 298 g/mol. The standard InChI is InChI=1S/C16H19N3O2S/c1-2-19(12-6-4-3-5-7-12)14(20)10-18-11-17-13-8-9-22-15(13)16(18)21/h6,8-9,11H,2-5,7,10H2,1H3. The van der Waals surface area contributed by atoms with E-state index in [0.717, 1.165) is 25.0 Å². The maximum atomic E-state index is 12.6.